The van der Waals surface area contributed by atoms with Crippen LogP contribution >= 0.6 is 15.9 Å². The first-order valence-electron chi connectivity index (χ1n) is 7.19. The van der Waals surface area contributed by atoms with Crippen LogP contribution in [-0.2, 0) is 6.54 Å². The summed E-state index contributed by atoms with van der Waals surface area (Å²) in [6.07, 6.45) is 2.70. The number of rotatable bonds is 2. The van der Waals surface area contributed by atoms with Gasteiger partial charge in [-0.05, 0) is 38.4 Å². The average Bonchev–Trinajstić information content (AvgIpc) is 2.84. The van der Waals surface area contributed by atoms with E-state index in [0.717, 1.165) is 17.1 Å². The SMILES string of the molecule is CC1CN2CCCC2CN1c1cccc(Br)c1CN. The summed E-state index contributed by atoms with van der Waals surface area (Å²) in [6.45, 7) is 6.53. The fourth-order valence-corrected chi connectivity index (χ4v) is 4.06. The van der Waals surface area contributed by atoms with Crippen molar-refractivity contribution in [2.75, 3.05) is 24.5 Å². The fourth-order valence-electron chi connectivity index (χ4n) is 3.54. The molecule has 3 nitrogen and oxygen atoms in total. The van der Waals surface area contributed by atoms with Gasteiger partial charge in [-0.2, -0.15) is 0 Å². The van der Waals surface area contributed by atoms with Crippen LogP contribution in [0.25, 0.3) is 0 Å². The van der Waals surface area contributed by atoms with Gasteiger partial charge in [0.05, 0.1) is 0 Å². The summed E-state index contributed by atoms with van der Waals surface area (Å²) >= 11 is 3.63. The Balaban J connectivity index is 1.91. The average molecular weight is 324 g/mol. The molecular weight excluding hydrogens is 302 g/mol. The van der Waals surface area contributed by atoms with Crippen LogP contribution in [0.4, 0.5) is 5.69 Å². The molecule has 104 valence electrons. The summed E-state index contributed by atoms with van der Waals surface area (Å²) in [7, 11) is 0. The van der Waals surface area contributed by atoms with Gasteiger partial charge in [0.2, 0.25) is 0 Å². The number of hydrogen-bond donors (Lipinski definition) is 1. The predicted molar refractivity (Wildman–Crippen MR) is 83.4 cm³/mol. The van der Waals surface area contributed by atoms with Gasteiger partial charge in [0, 0.05) is 47.4 Å². The Bertz CT molecular complexity index is 463. The highest BCUT2D eigenvalue weighted by Crippen LogP contribution is 2.33. The normalized spacial score (nSPS) is 27.6. The molecule has 0 saturated carbocycles. The molecule has 0 spiro atoms. The molecule has 2 heterocycles. The van der Waals surface area contributed by atoms with E-state index in [4.69, 9.17) is 5.73 Å². The molecule has 2 unspecified atom stereocenters. The standard InChI is InChI=1S/C15H22BrN3/c1-11-9-18-7-3-4-12(18)10-19(11)15-6-2-5-14(16)13(15)8-17/h2,5-6,11-12H,3-4,7-10,17H2,1H3. The Morgan fingerprint density at radius 1 is 1.37 bits per heavy atom. The first kappa shape index (κ1) is 13.4. The lowest BCUT2D eigenvalue weighted by molar-refractivity contribution is 0.203. The molecule has 2 aliphatic heterocycles. The number of nitrogens with two attached hydrogens (primary N) is 1. The molecule has 2 aliphatic rings. The van der Waals surface area contributed by atoms with E-state index in [1.54, 1.807) is 0 Å². The highest BCUT2D eigenvalue weighted by atomic mass is 79.9. The first-order chi connectivity index (χ1) is 9.20. The molecular formula is C15H22BrN3. The van der Waals surface area contributed by atoms with Crippen molar-refractivity contribution < 1.29 is 0 Å². The van der Waals surface area contributed by atoms with Gasteiger partial charge in [-0.1, -0.05) is 22.0 Å². The minimum absolute atomic E-state index is 0.564. The van der Waals surface area contributed by atoms with Gasteiger partial charge in [-0.3, -0.25) is 4.90 Å². The van der Waals surface area contributed by atoms with E-state index in [2.05, 4.69) is 50.9 Å². The molecule has 2 N–H and O–H groups in total. The van der Waals surface area contributed by atoms with Crippen LogP contribution in [0.2, 0.25) is 0 Å². The highest BCUT2D eigenvalue weighted by molar-refractivity contribution is 9.10. The molecule has 0 aromatic heterocycles. The topological polar surface area (TPSA) is 32.5 Å². The maximum atomic E-state index is 5.94. The molecule has 19 heavy (non-hydrogen) atoms. The number of anilines is 1. The second-order valence-corrected chi connectivity index (χ2v) is 6.59. The van der Waals surface area contributed by atoms with Crippen LogP contribution in [-0.4, -0.2) is 36.6 Å². The Kier molecular flexibility index (Phi) is 3.83. The number of fused-ring (bicyclic) bond motifs is 1. The summed E-state index contributed by atoms with van der Waals surface area (Å²) < 4.78 is 1.13. The van der Waals surface area contributed by atoms with E-state index < -0.39 is 0 Å². The third-order valence-electron chi connectivity index (χ3n) is 4.54. The minimum Gasteiger partial charge on any atom is -0.366 e. The lowest BCUT2D eigenvalue weighted by Gasteiger charge is -2.44. The summed E-state index contributed by atoms with van der Waals surface area (Å²) in [4.78, 5) is 5.21. The molecule has 1 aromatic carbocycles. The van der Waals surface area contributed by atoms with E-state index >= 15 is 0 Å². The maximum absolute atomic E-state index is 5.94. The van der Waals surface area contributed by atoms with Gasteiger partial charge < -0.3 is 10.6 Å². The predicted octanol–water partition coefficient (Wildman–Crippen LogP) is 2.58. The molecule has 2 fully saturated rings. The Hall–Kier alpha value is -0.580. The van der Waals surface area contributed by atoms with Gasteiger partial charge in [-0.25, -0.2) is 0 Å². The van der Waals surface area contributed by atoms with E-state index in [9.17, 15) is 0 Å². The quantitative estimate of drug-likeness (QED) is 0.908. The number of piperazine rings is 1. The number of benzene rings is 1. The van der Waals surface area contributed by atoms with E-state index in [1.807, 2.05) is 0 Å². The van der Waals surface area contributed by atoms with E-state index in [1.165, 1.54) is 37.2 Å². The molecule has 3 rings (SSSR count). The second kappa shape index (κ2) is 5.43. The summed E-state index contributed by atoms with van der Waals surface area (Å²) in [6, 6.07) is 7.72. The van der Waals surface area contributed by atoms with Crippen molar-refractivity contribution in [2.45, 2.75) is 38.4 Å². The Labute approximate surface area is 123 Å². The van der Waals surface area contributed by atoms with Crippen molar-refractivity contribution in [1.29, 1.82) is 0 Å². The molecule has 2 saturated heterocycles. The molecule has 0 radical (unpaired) electrons. The monoisotopic (exact) mass is 323 g/mol. The number of nitrogens with zero attached hydrogens (tertiary/aromatic N) is 2. The lowest BCUT2D eigenvalue weighted by Crippen LogP contribution is -2.55. The molecule has 1 aromatic rings. The molecule has 0 aliphatic carbocycles. The van der Waals surface area contributed by atoms with Crippen LogP contribution in [0, 0.1) is 0 Å². The zero-order chi connectivity index (χ0) is 13.4. The number of halogens is 1. The maximum Gasteiger partial charge on any atom is 0.0426 e. The smallest absolute Gasteiger partial charge is 0.0426 e. The third kappa shape index (κ3) is 2.41. The third-order valence-corrected chi connectivity index (χ3v) is 5.29. The van der Waals surface area contributed by atoms with Crippen LogP contribution < -0.4 is 10.6 Å². The molecule has 2 atom stereocenters. The van der Waals surface area contributed by atoms with Gasteiger partial charge in [0.15, 0.2) is 0 Å². The molecule has 0 amide bonds. The number of hydrogen-bond acceptors (Lipinski definition) is 3. The van der Waals surface area contributed by atoms with Crippen molar-refractivity contribution in [1.82, 2.24) is 4.90 Å². The van der Waals surface area contributed by atoms with Crippen molar-refractivity contribution >= 4 is 21.6 Å². The summed E-state index contributed by atoms with van der Waals surface area (Å²) in [5.74, 6) is 0. The van der Waals surface area contributed by atoms with Crippen LogP contribution in [0.1, 0.15) is 25.3 Å². The van der Waals surface area contributed by atoms with E-state index in [-0.39, 0.29) is 0 Å². The zero-order valence-corrected chi connectivity index (χ0v) is 13.1. The summed E-state index contributed by atoms with van der Waals surface area (Å²) in [5, 5.41) is 0. The van der Waals surface area contributed by atoms with Gasteiger partial charge >= 0.3 is 0 Å². The van der Waals surface area contributed by atoms with E-state index in [0.29, 0.717) is 12.6 Å². The van der Waals surface area contributed by atoms with Gasteiger partial charge in [-0.15, -0.1) is 0 Å². The fraction of sp³-hybridized carbons (Fsp3) is 0.600. The second-order valence-electron chi connectivity index (χ2n) is 5.73. The van der Waals surface area contributed by atoms with Crippen LogP contribution in [0.3, 0.4) is 0 Å². The lowest BCUT2D eigenvalue weighted by atomic mass is 10.0. The van der Waals surface area contributed by atoms with Crippen LogP contribution in [0.5, 0.6) is 0 Å². The van der Waals surface area contributed by atoms with Crippen molar-refractivity contribution in [2.24, 2.45) is 5.73 Å². The van der Waals surface area contributed by atoms with Crippen molar-refractivity contribution in [3.63, 3.8) is 0 Å². The largest absolute Gasteiger partial charge is 0.366 e. The first-order valence-corrected chi connectivity index (χ1v) is 7.98. The Morgan fingerprint density at radius 2 is 2.21 bits per heavy atom. The van der Waals surface area contributed by atoms with Gasteiger partial charge in [0.25, 0.3) is 0 Å². The van der Waals surface area contributed by atoms with Crippen molar-refractivity contribution in [3.8, 4) is 0 Å². The zero-order valence-electron chi connectivity index (χ0n) is 11.5. The highest BCUT2D eigenvalue weighted by Gasteiger charge is 2.35. The molecule has 0 bridgehead atoms. The Morgan fingerprint density at radius 3 is 3.00 bits per heavy atom. The minimum atomic E-state index is 0.564. The van der Waals surface area contributed by atoms with Crippen LogP contribution in [0.15, 0.2) is 22.7 Å². The van der Waals surface area contributed by atoms with Gasteiger partial charge in [0.1, 0.15) is 0 Å². The van der Waals surface area contributed by atoms with Crippen molar-refractivity contribution in [3.05, 3.63) is 28.2 Å². The molecule has 4 heteroatoms. The summed E-state index contributed by atoms with van der Waals surface area (Å²) in [5.41, 5.74) is 8.50.